The molecule has 0 spiro atoms. The van der Waals surface area contributed by atoms with Crippen molar-refractivity contribution in [2.24, 2.45) is 0 Å². The first kappa shape index (κ1) is 17.5. The molecular weight excluding hydrogens is 361 g/mol. The first-order chi connectivity index (χ1) is 11.9. The molecule has 0 saturated heterocycles. The van der Waals surface area contributed by atoms with Gasteiger partial charge in [0, 0.05) is 21.7 Å². The molecule has 0 amide bonds. The number of carbonyl (C=O) groups excluding carboxylic acids is 2. The molecule has 0 aliphatic heterocycles. The van der Waals surface area contributed by atoms with Crippen molar-refractivity contribution in [2.45, 2.75) is 20.0 Å². The van der Waals surface area contributed by atoms with E-state index in [0.717, 1.165) is 11.7 Å². The van der Waals surface area contributed by atoms with E-state index in [1.807, 2.05) is 18.2 Å². The van der Waals surface area contributed by atoms with Crippen molar-refractivity contribution < 1.29 is 14.3 Å². The maximum atomic E-state index is 12.9. The molecule has 128 valence electrons. The van der Waals surface area contributed by atoms with E-state index in [4.69, 9.17) is 27.9 Å². The van der Waals surface area contributed by atoms with Gasteiger partial charge in [-0.1, -0.05) is 41.4 Å². The predicted molar refractivity (Wildman–Crippen MR) is 99.2 cm³/mol. The third-order valence-electron chi connectivity index (χ3n) is 4.04. The van der Waals surface area contributed by atoms with E-state index < -0.39 is 6.10 Å². The molecule has 0 aliphatic rings. The van der Waals surface area contributed by atoms with E-state index in [2.05, 4.69) is 0 Å². The zero-order valence-corrected chi connectivity index (χ0v) is 15.1. The highest BCUT2D eigenvalue weighted by Gasteiger charge is 2.24. The van der Waals surface area contributed by atoms with Gasteiger partial charge in [0.1, 0.15) is 5.75 Å². The van der Waals surface area contributed by atoms with Gasteiger partial charge in [0.25, 0.3) is 5.91 Å². The van der Waals surface area contributed by atoms with Crippen molar-refractivity contribution in [2.75, 3.05) is 0 Å². The lowest BCUT2D eigenvalue weighted by Gasteiger charge is -2.17. The highest BCUT2D eigenvalue weighted by Crippen LogP contribution is 2.29. The number of carbonyl (C=O) groups is 2. The molecule has 0 bridgehead atoms. The van der Waals surface area contributed by atoms with Gasteiger partial charge in [-0.3, -0.25) is 14.2 Å². The van der Waals surface area contributed by atoms with Crippen LogP contribution in [0.3, 0.4) is 0 Å². The molecule has 3 aromatic rings. The number of fused-ring (bicyclic) bond motifs is 1. The van der Waals surface area contributed by atoms with Crippen molar-refractivity contribution in [1.29, 1.82) is 0 Å². The Hall–Kier alpha value is -2.30. The van der Waals surface area contributed by atoms with Crippen molar-refractivity contribution >= 4 is 46.3 Å². The fraction of sp³-hybridized carbons (Fsp3) is 0.158. The molecule has 1 heterocycles. The zero-order chi connectivity index (χ0) is 18.1. The molecule has 4 nitrogen and oxygen atoms in total. The minimum Gasteiger partial charge on any atom is -0.479 e. The van der Waals surface area contributed by atoms with E-state index in [1.165, 1.54) is 4.57 Å². The van der Waals surface area contributed by atoms with E-state index in [0.29, 0.717) is 32.6 Å². The minimum atomic E-state index is -0.798. The summed E-state index contributed by atoms with van der Waals surface area (Å²) in [5.41, 5.74) is 1.75. The lowest BCUT2D eigenvalue weighted by molar-refractivity contribution is 0.0731. The molecule has 3 rings (SSSR count). The van der Waals surface area contributed by atoms with E-state index in [-0.39, 0.29) is 5.91 Å². The summed E-state index contributed by atoms with van der Waals surface area (Å²) in [4.78, 5) is 24.4. The third kappa shape index (κ3) is 3.15. The van der Waals surface area contributed by atoms with E-state index in [9.17, 15) is 9.59 Å². The number of para-hydroxylation sites is 1. The van der Waals surface area contributed by atoms with Crippen molar-refractivity contribution in [3.8, 4) is 5.75 Å². The third-order valence-corrected chi connectivity index (χ3v) is 4.57. The lowest BCUT2D eigenvalue weighted by atomic mass is 10.1. The Kier molecular flexibility index (Phi) is 4.84. The van der Waals surface area contributed by atoms with Crippen LogP contribution in [-0.4, -0.2) is 22.9 Å². The van der Waals surface area contributed by atoms with Gasteiger partial charge in [-0.25, -0.2) is 0 Å². The van der Waals surface area contributed by atoms with Gasteiger partial charge >= 0.3 is 0 Å². The monoisotopic (exact) mass is 375 g/mol. The first-order valence-corrected chi connectivity index (χ1v) is 8.40. The summed E-state index contributed by atoms with van der Waals surface area (Å²) < 4.78 is 7.22. The Labute approximate surface area is 154 Å². The van der Waals surface area contributed by atoms with E-state index in [1.54, 1.807) is 38.1 Å². The number of halogens is 2. The fourth-order valence-corrected chi connectivity index (χ4v) is 3.27. The number of hydrogen-bond donors (Lipinski definition) is 0. The van der Waals surface area contributed by atoms with Gasteiger partial charge in [-0.15, -0.1) is 0 Å². The Morgan fingerprint density at radius 2 is 1.92 bits per heavy atom. The number of benzene rings is 2. The van der Waals surface area contributed by atoms with Crippen LogP contribution < -0.4 is 4.74 Å². The summed E-state index contributed by atoms with van der Waals surface area (Å²) >= 11 is 12.0. The van der Waals surface area contributed by atoms with Crippen LogP contribution in [0, 0.1) is 6.92 Å². The second-order valence-corrected chi connectivity index (χ2v) is 6.49. The number of aromatic nitrogens is 1. The van der Waals surface area contributed by atoms with Crippen LogP contribution in [0.2, 0.25) is 10.0 Å². The number of nitrogens with zero attached hydrogens (tertiary/aromatic N) is 1. The topological polar surface area (TPSA) is 48.3 Å². The molecule has 25 heavy (non-hydrogen) atoms. The molecule has 0 fully saturated rings. The van der Waals surface area contributed by atoms with Crippen LogP contribution in [0.4, 0.5) is 0 Å². The van der Waals surface area contributed by atoms with Crippen LogP contribution in [0.5, 0.6) is 5.75 Å². The Bertz CT molecular complexity index is 978. The summed E-state index contributed by atoms with van der Waals surface area (Å²) in [6.07, 6.45) is -0.0315. The molecular formula is C19H15Cl2NO3. The van der Waals surface area contributed by atoms with Crippen molar-refractivity contribution in [3.63, 3.8) is 0 Å². The summed E-state index contributed by atoms with van der Waals surface area (Å²) in [6, 6.07) is 12.1. The largest absolute Gasteiger partial charge is 0.479 e. The predicted octanol–water partition coefficient (Wildman–Crippen LogP) is 5.18. The standard InChI is InChI=1S/C19H15Cl2NO3/c1-11-15(10-23)14-5-3-4-6-17(14)22(11)19(24)12(2)25-18-8-7-13(20)9-16(18)21/h3-10,12H,1-2H3/t12-/m1/s1. The van der Waals surface area contributed by atoms with Gasteiger partial charge in [-0.05, 0) is 38.1 Å². The summed E-state index contributed by atoms with van der Waals surface area (Å²) in [5, 5.41) is 1.55. The number of hydrogen-bond acceptors (Lipinski definition) is 3. The molecule has 0 aliphatic carbocycles. The molecule has 0 unspecified atom stereocenters. The number of ether oxygens (including phenoxy) is 1. The number of rotatable bonds is 4. The highest BCUT2D eigenvalue weighted by molar-refractivity contribution is 6.35. The average Bonchev–Trinajstić information content (AvgIpc) is 2.87. The van der Waals surface area contributed by atoms with Crippen LogP contribution >= 0.6 is 23.2 Å². The minimum absolute atomic E-state index is 0.284. The molecule has 6 heteroatoms. The van der Waals surface area contributed by atoms with Gasteiger partial charge in [0.2, 0.25) is 0 Å². The first-order valence-electron chi connectivity index (χ1n) is 7.65. The lowest BCUT2D eigenvalue weighted by Crippen LogP contribution is -2.30. The van der Waals surface area contributed by atoms with Gasteiger partial charge in [-0.2, -0.15) is 0 Å². The molecule has 2 aromatic carbocycles. The summed E-state index contributed by atoms with van der Waals surface area (Å²) in [7, 11) is 0. The summed E-state index contributed by atoms with van der Waals surface area (Å²) in [6.45, 7) is 3.38. The second kappa shape index (κ2) is 6.90. The summed E-state index contributed by atoms with van der Waals surface area (Å²) in [5.74, 6) is 0.0875. The second-order valence-electron chi connectivity index (χ2n) is 5.64. The normalized spacial score (nSPS) is 12.2. The molecule has 1 atom stereocenters. The Balaban J connectivity index is 1.99. The van der Waals surface area contributed by atoms with Gasteiger partial charge in [0.15, 0.2) is 12.4 Å². The van der Waals surface area contributed by atoms with Crippen LogP contribution in [0.25, 0.3) is 10.9 Å². The van der Waals surface area contributed by atoms with Gasteiger partial charge in [0.05, 0.1) is 10.5 Å². The fourth-order valence-electron chi connectivity index (χ4n) is 2.82. The van der Waals surface area contributed by atoms with Crippen LogP contribution in [0.1, 0.15) is 27.8 Å². The van der Waals surface area contributed by atoms with Crippen molar-refractivity contribution in [1.82, 2.24) is 4.57 Å². The quantitative estimate of drug-likeness (QED) is 0.590. The SMILES string of the molecule is Cc1c(C=O)c2ccccc2n1C(=O)[C@@H](C)Oc1ccc(Cl)cc1Cl. The maximum absolute atomic E-state index is 12.9. The molecule has 0 saturated carbocycles. The Morgan fingerprint density at radius 3 is 2.60 bits per heavy atom. The Morgan fingerprint density at radius 1 is 1.20 bits per heavy atom. The maximum Gasteiger partial charge on any atom is 0.272 e. The molecule has 1 aromatic heterocycles. The highest BCUT2D eigenvalue weighted by atomic mass is 35.5. The smallest absolute Gasteiger partial charge is 0.272 e. The van der Waals surface area contributed by atoms with Crippen molar-refractivity contribution in [3.05, 3.63) is 63.8 Å². The van der Waals surface area contributed by atoms with Gasteiger partial charge < -0.3 is 4.74 Å². The average molecular weight is 376 g/mol. The van der Waals surface area contributed by atoms with Crippen LogP contribution in [-0.2, 0) is 0 Å². The number of aldehydes is 1. The molecule has 0 N–H and O–H groups in total. The van der Waals surface area contributed by atoms with Crippen LogP contribution in [0.15, 0.2) is 42.5 Å². The van der Waals surface area contributed by atoms with E-state index >= 15 is 0 Å². The zero-order valence-electron chi connectivity index (χ0n) is 13.6. The molecule has 0 radical (unpaired) electrons.